The minimum atomic E-state index is -0.712. The first-order valence-electron chi connectivity index (χ1n) is 11.6. The number of pyridine rings is 1. The predicted octanol–water partition coefficient (Wildman–Crippen LogP) is 2.73. The smallest absolute Gasteiger partial charge is 0.276 e. The molecule has 6 heterocycles. The van der Waals surface area contributed by atoms with Crippen LogP contribution in [-0.2, 0) is 23.3 Å². The van der Waals surface area contributed by atoms with Gasteiger partial charge in [-0.25, -0.2) is 9.97 Å². The zero-order chi connectivity index (χ0) is 23.9. The molecule has 4 aliphatic rings. The fourth-order valence-electron chi connectivity index (χ4n) is 5.45. The van der Waals surface area contributed by atoms with E-state index in [0.29, 0.717) is 23.7 Å². The molecular weight excluding hydrogens is 508 g/mol. The van der Waals surface area contributed by atoms with Gasteiger partial charge in [-0.05, 0) is 37.3 Å². The van der Waals surface area contributed by atoms with Gasteiger partial charge in [-0.1, -0.05) is 11.6 Å². The lowest BCUT2D eigenvalue weighted by Gasteiger charge is -2.38. The lowest BCUT2D eigenvalue weighted by molar-refractivity contribution is -0.139. The number of nitrogens with zero attached hydrogens (tertiary/aromatic N) is 4. The summed E-state index contributed by atoms with van der Waals surface area (Å²) in [4.78, 5) is 51.7. The summed E-state index contributed by atoms with van der Waals surface area (Å²) in [5.74, 6) is 1.75. The van der Waals surface area contributed by atoms with Gasteiger partial charge in [-0.3, -0.25) is 19.0 Å². The maximum absolute atomic E-state index is 13.5. The number of rotatable bonds is 3. The molecule has 9 nitrogen and oxygen atoms in total. The first-order valence-corrected chi connectivity index (χ1v) is 14.0. The number of fused-ring (bicyclic) bond motifs is 5. The number of thioether (sulfide) groups is 1. The molecule has 2 N–H and O–H groups in total. The van der Waals surface area contributed by atoms with Gasteiger partial charge in [0.2, 0.25) is 5.91 Å². The average Bonchev–Trinajstić information content (AvgIpc) is 3.31. The molecular formula is C23H21ClN6O3S2. The van der Waals surface area contributed by atoms with Crippen LogP contribution in [0.3, 0.4) is 0 Å². The van der Waals surface area contributed by atoms with Crippen LogP contribution in [0.25, 0.3) is 10.2 Å². The molecule has 1 spiro atoms. The van der Waals surface area contributed by atoms with Crippen molar-refractivity contribution in [2.45, 2.75) is 31.3 Å². The van der Waals surface area contributed by atoms with E-state index in [-0.39, 0.29) is 39.7 Å². The molecule has 12 heteroatoms. The van der Waals surface area contributed by atoms with Crippen molar-refractivity contribution in [3.05, 3.63) is 43.9 Å². The second-order valence-corrected chi connectivity index (χ2v) is 12.0. The van der Waals surface area contributed by atoms with Gasteiger partial charge in [0, 0.05) is 35.4 Å². The van der Waals surface area contributed by atoms with Gasteiger partial charge in [0.25, 0.3) is 11.5 Å². The van der Waals surface area contributed by atoms with E-state index >= 15 is 0 Å². The zero-order valence-corrected chi connectivity index (χ0v) is 21.0. The normalized spacial score (nSPS) is 21.8. The molecule has 1 atom stereocenters. The SMILES string of the molecule is O=C1NC2(CSC2)n2c1c(Cl)cc(Nc1ncnc3sc4c(c13)CC[C@H](C(=O)N1CCC1)C4)c2=O. The van der Waals surface area contributed by atoms with Crippen molar-refractivity contribution in [2.24, 2.45) is 5.92 Å². The lowest BCUT2D eigenvalue weighted by atomic mass is 9.86. The Kier molecular flexibility index (Phi) is 4.75. The third kappa shape index (κ3) is 3.10. The molecule has 2 fully saturated rings. The van der Waals surface area contributed by atoms with Gasteiger partial charge in [0.1, 0.15) is 34.0 Å². The number of aromatic nitrogens is 3. The van der Waals surface area contributed by atoms with E-state index in [4.69, 9.17) is 11.6 Å². The van der Waals surface area contributed by atoms with Gasteiger partial charge >= 0.3 is 0 Å². The minimum absolute atomic E-state index is 0.0157. The van der Waals surface area contributed by atoms with Crippen molar-refractivity contribution in [1.29, 1.82) is 0 Å². The average molecular weight is 529 g/mol. The Morgan fingerprint density at radius 2 is 2.09 bits per heavy atom. The number of hydrogen-bond acceptors (Lipinski definition) is 8. The summed E-state index contributed by atoms with van der Waals surface area (Å²) >= 11 is 9.74. The van der Waals surface area contributed by atoms with E-state index in [9.17, 15) is 14.4 Å². The Balaban J connectivity index is 1.27. The largest absolute Gasteiger partial charge is 0.342 e. The van der Waals surface area contributed by atoms with Gasteiger partial charge in [0.05, 0.1) is 10.4 Å². The van der Waals surface area contributed by atoms with E-state index < -0.39 is 5.66 Å². The molecule has 0 saturated carbocycles. The minimum Gasteiger partial charge on any atom is -0.342 e. The molecule has 3 aliphatic heterocycles. The topological polar surface area (TPSA) is 109 Å². The van der Waals surface area contributed by atoms with E-state index in [1.54, 1.807) is 23.1 Å². The molecule has 35 heavy (non-hydrogen) atoms. The van der Waals surface area contributed by atoms with Crippen molar-refractivity contribution in [3.63, 3.8) is 0 Å². The van der Waals surface area contributed by atoms with Crippen LogP contribution in [0.5, 0.6) is 0 Å². The van der Waals surface area contributed by atoms with Gasteiger partial charge in [-0.15, -0.1) is 11.3 Å². The van der Waals surface area contributed by atoms with Gasteiger partial charge in [-0.2, -0.15) is 11.8 Å². The number of likely N-dealkylation sites (tertiary alicyclic amines) is 1. The molecule has 2 amide bonds. The fourth-order valence-corrected chi connectivity index (χ4v) is 7.99. The first-order chi connectivity index (χ1) is 16.9. The quantitative estimate of drug-likeness (QED) is 0.538. The number of carbonyl (C=O) groups excluding carboxylic acids is 2. The number of hydrogen-bond donors (Lipinski definition) is 2. The van der Waals surface area contributed by atoms with E-state index in [1.165, 1.54) is 17.0 Å². The van der Waals surface area contributed by atoms with Crippen LogP contribution in [0.1, 0.15) is 33.8 Å². The summed E-state index contributed by atoms with van der Waals surface area (Å²) in [6.07, 6.45) is 4.85. The Hall–Kier alpha value is -2.63. The second kappa shape index (κ2) is 7.68. The molecule has 0 bridgehead atoms. The summed E-state index contributed by atoms with van der Waals surface area (Å²) in [5.41, 5.74) is 0.612. The van der Waals surface area contributed by atoms with Gasteiger partial charge < -0.3 is 15.5 Å². The van der Waals surface area contributed by atoms with Crippen LogP contribution >= 0.6 is 34.7 Å². The number of carbonyl (C=O) groups is 2. The first kappa shape index (κ1) is 21.6. The number of halogens is 1. The molecule has 3 aromatic heterocycles. The third-order valence-electron chi connectivity index (χ3n) is 7.44. The summed E-state index contributed by atoms with van der Waals surface area (Å²) in [6, 6.07) is 1.51. The van der Waals surface area contributed by atoms with Crippen molar-refractivity contribution in [2.75, 3.05) is 29.9 Å². The van der Waals surface area contributed by atoms with Crippen LogP contribution in [0.4, 0.5) is 11.5 Å². The lowest BCUT2D eigenvalue weighted by Crippen LogP contribution is -2.57. The highest BCUT2D eigenvalue weighted by molar-refractivity contribution is 8.00. The third-order valence-corrected chi connectivity index (χ3v) is 10.3. The number of nitrogens with one attached hydrogen (secondary N) is 2. The molecule has 1 aliphatic carbocycles. The molecule has 7 rings (SSSR count). The Bertz CT molecular complexity index is 1490. The second-order valence-electron chi connectivity index (χ2n) is 9.52. The number of aryl methyl sites for hydroxylation is 1. The number of thiophene rings is 1. The highest BCUT2D eigenvalue weighted by Crippen LogP contribution is 2.42. The monoisotopic (exact) mass is 528 g/mol. The molecule has 3 aromatic rings. The maximum atomic E-state index is 13.5. The standard InChI is InChI=1S/C23H21ClN6O3S2/c24-13-7-14(22(33)30-17(13)19(31)28-23(30)8-34-9-23)27-18-16-12-3-2-11(21(32)29-4-1-5-29)6-15(12)35-20(16)26-10-25-18/h7,10-11H,1-6,8-9H2,(H,28,31)(H,25,26,27)/t11-/m0/s1. The Morgan fingerprint density at radius 3 is 2.80 bits per heavy atom. The molecule has 180 valence electrons. The molecule has 2 saturated heterocycles. The van der Waals surface area contributed by atoms with Crippen LogP contribution in [0.2, 0.25) is 5.02 Å². The summed E-state index contributed by atoms with van der Waals surface area (Å²) < 4.78 is 1.50. The van der Waals surface area contributed by atoms with Crippen molar-refractivity contribution in [1.82, 2.24) is 24.8 Å². The summed E-state index contributed by atoms with van der Waals surface area (Å²) in [7, 11) is 0. The zero-order valence-electron chi connectivity index (χ0n) is 18.6. The predicted molar refractivity (Wildman–Crippen MR) is 136 cm³/mol. The molecule has 0 unspecified atom stereocenters. The van der Waals surface area contributed by atoms with E-state index in [2.05, 4.69) is 20.6 Å². The van der Waals surface area contributed by atoms with E-state index in [1.807, 2.05) is 4.90 Å². The van der Waals surface area contributed by atoms with Crippen LogP contribution < -0.4 is 16.2 Å². The number of anilines is 2. The van der Waals surface area contributed by atoms with E-state index in [0.717, 1.165) is 53.0 Å². The maximum Gasteiger partial charge on any atom is 0.276 e. The number of amides is 2. The van der Waals surface area contributed by atoms with Crippen LogP contribution in [-0.4, -0.2) is 55.8 Å². The Labute approximate surface area is 213 Å². The summed E-state index contributed by atoms with van der Waals surface area (Å²) in [6.45, 7) is 1.74. The van der Waals surface area contributed by atoms with Crippen LogP contribution in [0, 0.1) is 5.92 Å². The highest BCUT2D eigenvalue weighted by Gasteiger charge is 2.50. The van der Waals surface area contributed by atoms with Crippen LogP contribution in [0.15, 0.2) is 17.2 Å². The highest BCUT2D eigenvalue weighted by atomic mass is 35.5. The van der Waals surface area contributed by atoms with Crippen molar-refractivity contribution >= 4 is 68.2 Å². The van der Waals surface area contributed by atoms with Crippen molar-refractivity contribution in [3.8, 4) is 0 Å². The molecule has 0 aromatic carbocycles. The summed E-state index contributed by atoms with van der Waals surface area (Å²) in [5, 5.41) is 7.27. The molecule has 0 radical (unpaired) electrons. The van der Waals surface area contributed by atoms with Crippen molar-refractivity contribution < 1.29 is 9.59 Å². The fraction of sp³-hybridized carbons (Fsp3) is 0.435. The Morgan fingerprint density at radius 1 is 1.26 bits per heavy atom. The van der Waals surface area contributed by atoms with Gasteiger partial charge in [0.15, 0.2) is 0 Å².